The highest BCUT2D eigenvalue weighted by Gasteiger charge is 2.08. The molecule has 0 atom stereocenters. The number of aryl methyl sites for hydroxylation is 3. The van der Waals surface area contributed by atoms with Crippen molar-refractivity contribution in [2.75, 3.05) is 35.2 Å². The van der Waals surface area contributed by atoms with E-state index in [-0.39, 0.29) is 5.91 Å². The lowest BCUT2D eigenvalue weighted by molar-refractivity contribution is -0.116. The van der Waals surface area contributed by atoms with Gasteiger partial charge in [0, 0.05) is 48.8 Å². The van der Waals surface area contributed by atoms with Crippen LogP contribution in [0.15, 0.2) is 24.3 Å². The standard InChI is InChI=1S/C21H31N5O/c1-6-26(7-2)18-10-11-19(15(3)13-18)25-20(27)9-8-12-22-21-23-16(4)14-17(5)24-21/h10-11,13-14H,6-9,12H2,1-5H3,(H,25,27)(H,22,23,24). The van der Waals surface area contributed by atoms with Crippen molar-refractivity contribution in [2.24, 2.45) is 0 Å². The van der Waals surface area contributed by atoms with Crippen LogP contribution in [-0.2, 0) is 4.79 Å². The van der Waals surface area contributed by atoms with Crippen LogP contribution in [0.3, 0.4) is 0 Å². The zero-order valence-corrected chi connectivity index (χ0v) is 17.1. The Morgan fingerprint density at radius 2 is 1.70 bits per heavy atom. The maximum absolute atomic E-state index is 12.2. The van der Waals surface area contributed by atoms with E-state index in [0.29, 0.717) is 18.9 Å². The van der Waals surface area contributed by atoms with Gasteiger partial charge in [-0.1, -0.05) is 0 Å². The number of rotatable bonds is 9. The number of hydrogen-bond donors (Lipinski definition) is 2. The Morgan fingerprint density at radius 1 is 1.04 bits per heavy atom. The third-order valence-electron chi connectivity index (χ3n) is 4.46. The van der Waals surface area contributed by atoms with Gasteiger partial charge in [0.05, 0.1) is 0 Å². The fourth-order valence-corrected chi connectivity index (χ4v) is 3.04. The molecule has 0 aliphatic heterocycles. The van der Waals surface area contributed by atoms with Crippen LogP contribution in [0.5, 0.6) is 0 Å². The number of aromatic nitrogens is 2. The van der Waals surface area contributed by atoms with Gasteiger partial charge in [0.2, 0.25) is 11.9 Å². The number of amides is 1. The first-order valence-electron chi connectivity index (χ1n) is 9.64. The molecule has 0 unspecified atom stereocenters. The van der Waals surface area contributed by atoms with Crippen LogP contribution in [0.25, 0.3) is 0 Å². The van der Waals surface area contributed by atoms with Crippen LogP contribution in [0.2, 0.25) is 0 Å². The van der Waals surface area contributed by atoms with Gasteiger partial charge in [-0.15, -0.1) is 0 Å². The molecule has 0 aliphatic carbocycles. The molecule has 1 heterocycles. The molecule has 0 saturated heterocycles. The second-order valence-corrected chi connectivity index (χ2v) is 6.72. The minimum absolute atomic E-state index is 0.0248. The smallest absolute Gasteiger partial charge is 0.224 e. The van der Waals surface area contributed by atoms with E-state index < -0.39 is 0 Å². The Kier molecular flexibility index (Phi) is 7.58. The summed E-state index contributed by atoms with van der Waals surface area (Å²) in [5, 5.41) is 6.19. The lowest BCUT2D eigenvalue weighted by Crippen LogP contribution is -2.22. The summed E-state index contributed by atoms with van der Waals surface area (Å²) < 4.78 is 0. The fraction of sp³-hybridized carbons (Fsp3) is 0.476. The number of nitrogens with one attached hydrogen (secondary N) is 2. The average molecular weight is 370 g/mol. The predicted molar refractivity (Wildman–Crippen MR) is 113 cm³/mol. The molecule has 146 valence electrons. The molecular formula is C21H31N5O. The van der Waals surface area contributed by atoms with Gasteiger partial charge in [-0.05, 0) is 70.9 Å². The van der Waals surface area contributed by atoms with Crippen LogP contribution in [0, 0.1) is 20.8 Å². The average Bonchev–Trinajstić information content (AvgIpc) is 2.61. The molecule has 1 amide bonds. The first-order chi connectivity index (χ1) is 12.9. The zero-order chi connectivity index (χ0) is 19.8. The maximum atomic E-state index is 12.2. The van der Waals surface area contributed by atoms with Gasteiger partial charge in [0.1, 0.15) is 0 Å². The van der Waals surface area contributed by atoms with E-state index in [0.717, 1.165) is 42.1 Å². The number of benzene rings is 1. The highest BCUT2D eigenvalue weighted by atomic mass is 16.1. The molecule has 0 aliphatic rings. The maximum Gasteiger partial charge on any atom is 0.224 e. The van der Waals surface area contributed by atoms with Crippen molar-refractivity contribution in [3.8, 4) is 0 Å². The van der Waals surface area contributed by atoms with E-state index in [1.54, 1.807) is 0 Å². The highest BCUT2D eigenvalue weighted by molar-refractivity contribution is 5.91. The highest BCUT2D eigenvalue weighted by Crippen LogP contribution is 2.22. The van der Waals surface area contributed by atoms with Crippen molar-refractivity contribution in [1.29, 1.82) is 0 Å². The molecule has 0 spiro atoms. The lowest BCUT2D eigenvalue weighted by atomic mass is 10.1. The summed E-state index contributed by atoms with van der Waals surface area (Å²) in [4.78, 5) is 23.2. The van der Waals surface area contributed by atoms with E-state index >= 15 is 0 Å². The summed E-state index contributed by atoms with van der Waals surface area (Å²) in [7, 11) is 0. The van der Waals surface area contributed by atoms with Gasteiger partial charge >= 0.3 is 0 Å². The van der Waals surface area contributed by atoms with Crippen molar-refractivity contribution in [3.63, 3.8) is 0 Å². The Morgan fingerprint density at radius 3 is 2.30 bits per heavy atom. The quantitative estimate of drug-likeness (QED) is 0.652. The van der Waals surface area contributed by atoms with Gasteiger partial charge < -0.3 is 15.5 Å². The first-order valence-corrected chi connectivity index (χ1v) is 9.64. The fourth-order valence-electron chi connectivity index (χ4n) is 3.04. The largest absolute Gasteiger partial charge is 0.372 e. The summed E-state index contributed by atoms with van der Waals surface area (Å²) in [6.07, 6.45) is 1.17. The summed E-state index contributed by atoms with van der Waals surface area (Å²) in [6.45, 7) is 12.8. The monoisotopic (exact) mass is 369 g/mol. The summed E-state index contributed by atoms with van der Waals surface area (Å²) >= 11 is 0. The Labute approximate surface area is 162 Å². The third kappa shape index (κ3) is 6.24. The van der Waals surface area contributed by atoms with E-state index in [9.17, 15) is 4.79 Å². The van der Waals surface area contributed by atoms with Crippen molar-refractivity contribution in [3.05, 3.63) is 41.2 Å². The predicted octanol–water partition coefficient (Wildman–Crippen LogP) is 4.08. The number of anilines is 3. The molecule has 2 N–H and O–H groups in total. The minimum Gasteiger partial charge on any atom is -0.372 e. The molecule has 0 fully saturated rings. The molecule has 0 bridgehead atoms. The second-order valence-electron chi connectivity index (χ2n) is 6.72. The van der Waals surface area contributed by atoms with Crippen molar-refractivity contribution >= 4 is 23.2 Å². The normalized spacial score (nSPS) is 10.6. The zero-order valence-electron chi connectivity index (χ0n) is 17.1. The van der Waals surface area contributed by atoms with Gasteiger partial charge in [0.15, 0.2) is 0 Å². The molecule has 2 rings (SSSR count). The van der Waals surface area contributed by atoms with Gasteiger partial charge in [0.25, 0.3) is 0 Å². The van der Waals surface area contributed by atoms with Crippen molar-refractivity contribution in [2.45, 2.75) is 47.5 Å². The topological polar surface area (TPSA) is 70.2 Å². The van der Waals surface area contributed by atoms with Crippen LogP contribution in [0.1, 0.15) is 43.6 Å². The minimum atomic E-state index is 0.0248. The summed E-state index contributed by atoms with van der Waals surface area (Å²) in [5.74, 6) is 0.646. The van der Waals surface area contributed by atoms with E-state index in [1.165, 1.54) is 5.69 Å². The molecule has 2 aromatic rings. The van der Waals surface area contributed by atoms with Crippen LogP contribution in [0.4, 0.5) is 17.3 Å². The molecule has 0 saturated carbocycles. The molecule has 27 heavy (non-hydrogen) atoms. The molecule has 1 aromatic heterocycles. The number of carbonyl (C=O) groups is 1. The SMILES string of the molecule is CCN(CC)c1ccc(NC(=O)CCCNc2nc(C)cc(C)n2)c(C)c1. The third-order valence-corrected chi connectivity index (χ3v) is 4.46. The molecular weight excluding hydrogens is 338 g/mol. The van der Waals surface area contributed by atoms with Crippen LogP contribution in [-0.4, -0.2) is 35.5 Å². The summed E-state index contributed by atoms with van der Waals surface area (Å²) in [5.41, 5.74) is 5.02. The van der Waals surface area contributed by atoms with Crippen LogP contribution < -0.4 is 15.5 Å². The molecule has 6 nitrogen and oxygen atoms in total. The van der Waals surface area contributed by atoms with E-state index in [4.69, 9.17) is 0 Å². The van der Waals surface area contributed by atoms with E-state index in [1.807, 2.05) is 32.9 Å². The second kappa shape index (κ2) is 9.90. The first kappa shape index (κ1) is 20.7. The number of hydrogen-bond acceptors (Lipinski definition) is 5. The Bertz CT molecular complexity index is 751. The van der Waals surface area contributed by atoms with Crippen molar-refractivity contribution in [1.82, 2.24) is 9.97 Å². The summed E-state index contributed by atoms with van der Waals surface area (Å²) in [6, 6.07) is 8.12. The lowest BCUT2D eigenvalue weighted by Gasteiger charge is -2.22. The Balaban J connectivity index is 1.81. The van der Waals surface area contributed by atoms with Crippen LogP contribution >= 0.6 is 0 Å². The van der Waals surface area contributed by atoms with E-state index in [2.05, 4.69) is 51.5 Å². The molecule has 0 radical (unpaired) electrons. The number of nitrogens with zero attached hydrogens (tertiary/aromatic N) is 3. The van der Waals surface area contributed by atoms with Gasteiger partial charge in [-0.2, -0.15) is 0 Å². The Hall–Kier alpha value is -2.63. The molecule has 6 heteroatoms. The van der Waals surface area contributed by atoms with Crippen molar-refractivity contribution < 1.29 is 4.79 Å². The number of carbonyl (C=O) groups excluding carboxylic acids is 1. The van der Waals surface area contributed by atoms with Gasteiger partial charge in [-0.25, -0.2) is 9.97 Å². The molecule has 1 aromatic carbocycles. The van der Waals surface area contributed by atoms with Gasteiger partial charge in [-0.3, -0.25) is 4.79 Å².